The Morgan fingerprint density at radius 3 is 2.43 bits per heavy atom. The highest BCUT2D eigenvalue weighted by atomic mass is 16.3. The third-order valence-corrected chi connectivity index (χ3v) is 4.10. The molecule has 0 saturated heterocycles. The Morgan fingerprint density at radius 1 is 0.762 bits per heavy atom. The fourth-order valence-corrected chi connectivity index (χ4v) is 2.91. The van der Waals surface area contributed by atoms with Gasteiger partial charge in [-0.25, -0.2) is 0 Å². The summed E-state index contributed by atoms with van der Waals surface area (Å²) in [5, 5.41) is 2.38. The van der Waals surface area contributed by atoms with Gasteiger partial charge in [-0.05, 0) is 42.2 Å². The molecular weight excluding hydrogens is 256 g/mol. The van der Waals surface area contributed by atoms with E-state index in [1.54, 1.807) is 0 Å². The molecule has 102 valence electrons. The molecule has 1 nitrogen and oxygen atoms in total. The molecule has 21 heavy (non-hydrogen) atoms. The predicted molar refractivity (Wildman–Crippen MR) is 87.7 cm³/mol. The van der Waals surface area contributed by atoms with Crippen LogP contribution in [0.4, 0.5) is 0 Å². The van der Waals surface area contributed by atoms with E-state index in [-0.39, 0.29) is 0 Å². The monoisotopic (exact) mass is 272 g/mol. The number of para-hydroxylation sites is 1. The molecule has 1 heterocycles. The van der Waals surface area contributed by atoms with Gasteiger partial charge in [-0.2, -0.15) is 0 Å². The SMILES string of the molecule is Cc1ccccc1Cc1ccc2c(c1)oc1ccccc12. The molecule has 0 atom stereocenters. The minimum atomic E-state index is 0.944. The van der Waals surface area contributed by atoms with Crippen molar-refractivity contribution in [3.63, 3.8) is 0 Å². The van der Waals surface area contributed by atoms with Gasteiger partial charge in [0.2, 0.25) is 0 Å². The maximum atomic E-state index is 5.96. The summed E-state index contributed by atoms with van der Waals surface area (Å²) >= 11 is 0. The van der Waals surface area contributed by atoms with Gasteiger partial charge in [0, 0.05) is 10.8 Å². The molecule has 0 N–H and O–H groups in total. The summed E-state index contributed by atoms with van der Waals surface area (Å²) in [5.74, 6) is 0. The average molecular weight is 272 g/mol. The summed E-state index contributed by atoms with van der Waals surface area (Å²) in [6.45, 7) is 2.16. The summed E-state index contributed by atoms with van der Waals surface area (Å²) in [7, 11) is 0. The van der Waals surface area contributed by atoms with Gasteiger partial charge in [0.05, 0.1) is 0 Å². The van der Waals surface area contributed by atoms with E-state index < -0.39 is 0 Å². The Hall–Kier alpha value is -2.54. The van der Waals surface area contributed by atoms with Gasteiger partial charge < -0.3 is 4.42 Å². The molecule has 0 aliphatic rings. The van der Waals surface area contributed by atoms with Crippen LogP contribution in [-0.2, 0) is 6.42 Å². The van der Waals surface area contributed by atoms with Crippen molar-refractivity contribution < 1.29 is 4.42 Å². The lowest BCUT2D eigenvalue weighted by atomic mass is 10.00. The lowest BCUT2D eigenvalue weighted by Gasteiger charge is -2.05. The van der Waals surface area contributed by atoms with E-state index in [2.05, 4.69) is 61.5 Å². The van der Waals surface area contributed by atoms with Crippen molar-refractivity contribution >= 4 is 21.9 Å². The van der Waals surface area contributed by atoms with Gasteiger partial charge in [0.1, 0.15) is 11.2 Å². The first kappa shape index (κ1) is 12.2. The summed E-state index contributed by atoms with van der Waals surface area (Å²) in [4.78, 5) is 0. The van der Waals surface area contributed by atoms with Crippen LogP contribution in [0, 0.1) is 6.92 Å². The number of furan rings is 1. The van der Waals surface area contributed by atoms with Crippen LogP contribution >= 0.6 is 0 Å². The molecule has 0 saturated carbocycles. The van der Waals surface area contributed by atoms with Gasteiger partial charge in [-0.15, -0.1) is 0 Å². The van der Waals surface area contributed by atoms with Crippen LogP contribution in [0.2, 0.25) is 0 Å². The minimum Gasteiger partial charge on any atom is -0.456 e. The van der Waals surface area contributed by atoms with Gasteiger partial charge in [-0.3, -0.25) is 0 Å². The van der Waals surface area contributed by atoms with E-state index in [1.807, 2.05) is 12.1 Å². The first-order valence-corrected chi connectivity index (χ1v) is 7.26. The highest BCUT2D eigenvalue weighted by Gasteiger charge is 2.07. The van der Waals surface area contributed by atoms with E-state index in [1.165, 1.54) is 27.5 Å². The predicted octanol–water partition coefficient (Wildman–Crippen LogP) is 5.49. The second-order valence-electron chi connectivity index (χ2n) is 5.53. The van der Waals surface area contributed by atoms with Crippen molar-refractivity contribution in [2.75, 3.05) is 0 Å². The highest BCUT2D eigenvalue weighted by molar-refractivity contribution is 6.04. The van der Waals surface area contributed by atoms with Gasteiger partial charge in [-0.1, -0.05) is 54.6 Å². The Balaban J connectivity index is 1.80. The molecule has 0 bridgehead atoms. The van der Waals surface area contributed by atoms with Crippen LogP contribution in [0.15, 0.2) is 71.1 Å². The third-order valence-electron chi connectivity index (χ3n) is 4.10. The maximum absolute atomic E-state index is 5.96. The summed E-state index contributed by atoms with van der Waals surface area (Å²) in [6, 6.07) is 23.3. The number of rotatable bonds is 2. The van der Waals surface area contributed by atoms with Crippen LogP contribution in [-0.4, -0.2) is 0 Å². The lowest BCUT2D eigenvalue weighted by molar-refractivity contribution is 0.668. The smallest absolute Gasteiger partial charge is 0.135 e. The number of hydrogen-bond acceptors (Lipinski definition) is 1. The zero-order valence-electron chi connectivity index (χ0n) is 12.0. The average Bonchev–Trinajstić information content (AvgIpc) is 2.87. The summed E-state index contributed by atoms with van der Waals surface area (Å²) < 4.78 is 5.96. The van der Waals surface area contributed by atoms with Crippen LogP contribution in [0.25, 0.3) is 21.9 Å². The van der Waals surface area contributed by atoms with E-state index >= 15 is 0 Å². The second kappa shape index (κ2) is 4.78. The van der Waals surface area contributed by atoms with E-state index in [0.717, 1.165) is 17.6 Å². The summed E-state index contributed by atoms with van der Waals surface area (Å²) in [6.07, 6.45) is 0.944. The van der Waals surface area contributed by atoms with Crippen molar-refractivity contribution in [1.29, 1.82) is 0 Å². The molecule has 1 aromatic heterocycles. The molecular formula is C20H16O. The van der Waals surface area contributed by atoms with Crippen molar-refractivity contribution in [2.45, 2.75) is 13.3 Å². The van der Waals surface area contributed by atoms with Crippen molar-refractivity contribution in [3.8, 4) is 0 Å². The third kappa shape index (κ3) is 2.11. The van der Waals surface area contributed by atoms with Gasteiger partial charge in [0.25, 0.3) is 0 Å². The summed E-state index contributed by atoms with van der Waals surface area (Å²) in [5.41, 5.74) is 5.92. The van der Waals surface area contributed by atoms with Crippen LogP contribution in [0.3, 0.4) is 0 Å². The number of fused-ring (bicyclic) bond motifs is 3. The topological polar surface area (TPSA) is 13.1 Å². The molecule has 0 fully saturated rings. The van der Waals surface area contributed by atoms with Gasteiger partial charge in [0.15, 0.2) is 0 Å². The fraction of sp³-hybridized carbons (Fsp3) is 0.100. The normalized spacial score (nSPS) is 11.3. The van der Waals surface area contributed by atoms with Crippen LogP contribution in [0.5, 0.6) is 0 Å². The molecule has 0 spiro atoms. The molecule has 3 aromatic carbocycles. The van der Waals surface area contributed by atoms with Crippen molar-refractivity contribution in [3.05, 3.63) is 83.4 Å². The fourth-order valence-electron chi connectivity index (χ4n) is 2.91. The zero-order valence-corrected chi connectivity index (χ0v) is 12.0. The highest BCUT2D eigenvalue weighted by Crippen LogP contribution is 2.29. The number of benzene rings is 3. The quantitative estimate of drug-likeness (QED) is 0.470. The van der Waals surface area contributed by atoms with Crippen LogP contribution in [0.1, 0.15) is 16.7 Å². The Morgan fingerprint density at radius 2 is 1.52 bits per heavy atom. The van der Waals surface area contributed by atoms with Gasteiger partial charge >= 0.3 is 0 Å². The zero-order chi connectivity index (χ0) is 14.2. The van der Waals surface area contributed by atoms with E-state index in [9.17, 15) is 0 Å². The maximum Gasteiger partial charge on any atom is 0.135 e. The van der Waals surface area contributed by atoms with Crippen molar-refractivity contribution in [2.24, 2.45) is 0 Å². The molecule has 0 amide bonds. The molecule has 1 heteroatoms. The molecule has 4 aromatic rings. The second-order valence-corrected chi connectivity index (χ2v) is 5.53. The molecule has 0 radical (unpaired) electrons. The first-order valence-electron chi connectivity index (χ1n) is 7.26. The minimum absolute atomic E-state index is 0.944. The Labute approximate surface area is 123 Å². The van der Waals surface area contributed by atoms with E-state index in [0.29, 0.717) is 0 Å². The standard InChI is InChI=1S/C20H16O/c1-14-6-2-3-7-16(14)12-15-10-11-18-17-8-4-5-9-19(17)21-20(18)13-15/h2-11,13H,12H2,1H3. The number of hydrogen-bond donors (Lipinski definition) is 0. The van der Waals surface area contributed by atoms with E-state index in [4.69, 9.17) is 4.42 Å². The molecule has 0 unspecified atom stereocenters. The Kier molecular flexibility index (Phi) is 2.78. The molecule has 4 rings (SSSR count). The lowest BCUT2D eigenvalue weighted by Crippen LogP contribution is -1.90. The van der Waals surface area contributed by atoms with Crippen molar-refractivity contribution in [1.82, 2.24) is 0 Å². The largest absolute Gasteiger partial charge is 0.456 e. The molecule has 0 aliphatic carbocycles. The first-order chi connectivity index (χ1) is 10.3. The number of aryl methyl sites for hydroxylation is 1. The Bertz CT molecular complexity index is 931. The molecule has 0 aliphatic heterocycles. The van der Waals surface area contributed by atoms with Crippen LogP contribution < -0.4 is 0 Å².